The third-order valence-electron chi connectivity index (χ3n) is 4.88. The second kappa shape index (κ2) is 11.7. The minimum atomic E-state index is -4.69. The van der Waals surface area contributed by atoms with Gasteiger partial charge in [-0.05, 0) is 37.6 Å². The van der Waals surface area contributed by atoms with Gasteiger partial charge in [0.25, 0.3) is 11.2 Å². The average Bonchev–Trinajstić information content (AvgIpc) is 2.82. The monoisotopic (exact) mass is 521 g/mol. The van der Waals surface area contributed by atoms with Gasteiger partial charge in [-0.1, -0.05) is 30.0 Å². The molecule has 0 aliphatic heterocycles. The van der Waals surface area contributed by atoms with Crippen LogP contribution in [-0.4, -0.2) is 39.2 Å². The largest absolute Gasteiger partial charge is 0.416 e. The molecule has 0 bridgehead atoms. The number of hydrogen-bond acceptors (Lipinski definition) is 7. The standard InChI is InChI=1S/C23H22F3N5O4S/c1-15-12-21(33)30(17-6-3-2-4-7-17)22(29-15)36-14-20(32)28-11-5-10-27-18-9-8-16(23(24,25)26)13-19(18)31(34)35/h2-4,6-9,12-13,27H,5,10-11,14H2,1H3,(H,28,32). The third kappa shape index (κ3) is 7.07. The molecule has 2 aromatic carbocycles. The number of alkyl halides is 3. The maximum Gasteiger partial charge on any atom is 0.416 e. The number of benzene rings is 2. The normalized spacial score (nSPS) is 11.2. The number of amides is 1. The Kier molecular flexibility index (Phi) is 8.69. The van der Waals surface area contributed by atoms with Crippen LogP contribution >= 0.6 is 11.8 Å². The fourth-order valence-corrected chi connectivity index (χ4v) is 4.11. The lowest BCUT2D eigenvalue weighted by Crippen LogP contribution is -2.28. The summed E-state index contributed by atoms with van der Waals surface area (Å²) < 4.78 is 39.8. The molecular weight excluding hydrogens is 499 g/mol. The molecule has 190 valence electrons. The molecule has 0 fully saturated rings. The molecule has 0 saturated carbocycles. The number of rotatable bonds is 10. The van der Waals surface area contributed by atoms with E-state index >= 15 is 0 Å². The van der Waals surface area contributed by atoms with Crippen molar-refractivity contribution in [3.05, 3.63) is 86.3 Å². The smallest absolute Gasteiger partial charge is 0.379 e. The van der Waals surface area contributed by atoms with Crippen molar-refractivity contribution in [2.75, 3.05) is 24.2 Å². The molecule has 0 radical (unpaired) electrons. The number of para-hydroxylation sites is 1. The van der Waals surface area contributed by atoms with E-state index in [9.17, 15) is 32.9 Å². The van der Waals surface area contributed by atoms with Gasteiger partial charge in [0.1, 0.15) is 5.69 Å². The highest BCUT2D eigenvalue weighted by molar-refractivity contribution is 7.99. The molecule has 2 N–H and O–H groups in total. The molecule has 0 unspecified atom stereocenters. The van der Waals surface area contributed by atoms with Crippen molar-refractivity contribution in [2.45, 2.75) is 24.7 Å². The second-order valence-electron chi connectivity index (χ2n) is 7.60. The number of aryl methyl sites for hydroxylation is 1. The predicted octanol–water partition coefficient (Wildman–Crippen LogP) is 4.18. The summed E-state index contributed by atoms with van der Waals surface area (Å²) in [5.41, 5.74) is -0.940. The molecule has 0 spiro atoms. The van der Waals surface area contributed by atoms with Gasteiger partial charge in [0.15, 0.2) is 5.16 Å². The van der Waals surface area contributed by atoms with Crippen LogP contribution in [0.25, 0.3) is 5.69 Å². The first kappa shape index (κ1) is 26.7. The van der Waals surface area contributed by atoms with Gasteiger partial charge in [-0.2, -0.15) is 13.2 Å². The van der Waals surface area contributed by atoms with E-state index in [0.29, 0.717) is 29.0 Å². The Hall–Kier alpha value is -3.87. The molecule has 0 saturated heterocycles. The molecule has 13 heteroatoms. The lowest BCUT2D eigenvalue weighted by atomic mass is 10.1. The zero-order chi connectivity index (χ0) is 26.3. The summed E-state index contributed by atoms with van der Waals surface area (Å²) in [7, 11) is 0. The van der Waals surface area contributed by atoms with Crippen LogP contribution in [0.1, 0.15) is 17.7 Å². The zero-order valence-corrected chi connectivity index (χ0v) is 19.9. The molecule has 3 aromatic rings. The van der Waals surface area contributed by atoms with Crippen LogP contribution < -0.4 is 16.2 Å². The SMILES string of the molecule is Cc1cc(=O)n(-c2ccccc2)c(SCC(=O)NCCCNc2ccc(C(F)(F)F)cc2[N+](=O)[O-])n1. The number of anilines is 1. The third-order valence-corrected chi connectivity index (χ3v) is 5.81. The molecular formula is C23H22F3N5O4S. The van der Waals surface area contributed by atoms with Crippen LogP contribution in [0, 0.1) is 17.0 Å². The van der Waals surface area contributed by atoms with Gasteiger partial charge in [0.2, 0.25) is 5.91 Å². The van der Waals surface area contributed by atoms with Crippen molar-refractivity contribution in [3.8, 4) is 5.69 Å². The van der Waals surface area contributed by atoms with E-state index in [0.717, 1.165) is 23.9 Å². The first-order valence-corrected chi connectivity index (χ1v) is 11.7. The molecule has 9 nitrogen and oxygen atoms in total. The maximum atomic E-state index is 12.8. The summed E-state index contributed by atoms with van der Waals surface area (Å²) in [5.74, 6) is -0.309. The van der Waals surface area contributed by atoms with Crippen LogP contribution in [0.15, 0.2) is 64.5 Å². The second-order valence-corrected chi connectivity index (χ2v) is 8.54. The number of nitro benzene ring substituents is 1. The summed E-state index contributed by atoms with van der Waals surface area (Å²) in [6, 6.07) is 12.6. The van der Waals surface area contributed by atoms with Crippen LogP contribution in [0.2, 0.25) is 0 Å². The number of aromatic nitrogens is 2. The number of nitrogens with one attached hydrogen (secondary N) is 2. The van der Waals surface area contributed by atoms with Gasteiger partial charge < -0.3 is 10.6 Å². The van der Waals surface area contributed by atoms with E-state index < -0.39 is 22.4 Å². The van der Waals surface area contributed by atoms with Gasteiger partial charge in [0, 0.05) is 30.9 Å². The number of nitro groups is 1. The minimum Gasteiger partial charge on any atom is -0.379 e. The van der Waals surface area contributed by atoms with Gasteiger partial charge in [0.05, 0.1) is 21.9 Å². The van der Waals surface area contributed by atoms with E-state index in [1.54, 1.807) is 31.2 Å². The number of nitrogens with zero attached hydrogens (tertiary/aromatic N) is 3. The summed E-state index contributed by atoms with van der Waals surface area (Å²) >= 11 is 1.10. The molecule has 1 amide bonds. The highest BCUT2D eigenvalue weighted by Gasteiger charge is 2.33. The number of carbonyl (C=O) groups excluding carboxylic acids is 1. The number of halogens is 3. The van der Waals surface area contributed by atoms with Gasteiger partial charge in [-0.15, -0.1) is 0 Å². The predicted molar refractivity (Wildman–Crippen MR) is 130 cm³/mol. The number of carbonyl (C=O) groups is 1. The summed E-state index contributed by atoms with van der Waals surface area (Å²) in [5, 5.41) is 16.9. The van der Waals surface area contributed by atoms with E-state index in [-0.39, 0.29) is 36.0 Å². The van der Waals surface area contributed by atoms with Crippen LogP contribution in [0.3, 0.4) is 0 Å². The summed E-state index contributed by atoms with van der Waals surface area (Å²) in [6.45, 7) is 2.11. The Balaban J connectivity index is 1.51. The first-order valence-electron chi connectivity index (χ1n) is 10.7. The maximum absolute atomic E-state index is 12.8. The fraction of sp³-hybridized carbons (Fsp3) is 0.261. The topological polar surface area (TPSA) is 119 Å². The average molecular weight is 522 g/mol. The quantitative estimate of drug-likeness (QED) is 0.135. The molecule has 0 atom stereocenters. The molecule has 1 heterocycles. The Bertz CT molecular complexity index is 1300. The first-order chi connectivity index (χ1) is 17.1. The Morgan fingerprint density at radius 3 is 2.53 bits per heavy atom. The van der Waals surface area contributed by atoms with E-state index in [2.05, 4.69) is 15.6 Å². The molecule has 36 heavy (non-hydrogen) atoms. The van der Waals surface area contributed by atoms with Gasteiger partial charge in [-0.25, -0.2) is 4.98 Å². The van der Waals surface area contributed by atoms with Crippen molar-refractivity contribution >= 4 is 29.0 Å². The van der Waals surface area contributed by atoms with Gasteiger partial charge in [-0.3, -0.25) is 24.3 Å². The highest BCUT2D eigenvalue weighted by atomic mass is 32.2. The fourth-order valence-electron chi connectivity index (χ4n) is 3.21. The van der Waals surface area contributed by atoms with Crippen molar-refractivity contribution in [3.63, 3.8) is 0 Å². The Labute approximate surface area is 207 Å². The lowest BCUT2D eigenvalue weighted by molar-refractivity contribution is -0.384. The van der Waals surface area contributed by atoms with E-state index in [1.165, 1.54) is 10.6 Å². The van der Waals surface area contributed by atoms with Crippen LogP contribution in [0.4, 0.5) is 24.5 Å². The highest BCUT2D eigenvalue weighted by Crippen LogP contribution is 2.34. The van der Waals surface area contributed by atoms with Crippen LogP contribution in [-0.2, 0) is 11.0 Å². The van der Waals surface area contributed by atoms with E-state index in [1.807, 2.05) is 6.07 Å². The zero-order valence-electron chi connectivity index (χ0n) is 19.0. The van der Waals surface area contributed by atoms with Gasteiger partial charge >= 0.3 is 6.18 Å². The van der Waals surface area contributed by atoms with Crippen molar-refractivity contribution in [1.29, 1.82) is 0 Å². The number of hydrogen-bond donors (Lipinski definition) is 2. The van der Waals surface area contributed by atoms with E-state index in [4.69, 9.17) is 0 Å². The number of thioether (sulfide) groups is 1. The van der Waals surface area contributed by atoms with Crippen molar-refractivity contribution in [1.82, 2.24) is 14.9 Å². The van der Waals surface area contributed by atoms with Crippen LogP contribution in [0.5, 0.6) is 0 Å². The lowest BCUT2D eigenvalue weighted by Gasteiger charge is -2.12. The molecule has 1 aromatic heterocycles. The summed E-state index contributed by atoms with van der Waals surface area (Å²) in [6.07, 6.45) is -4.32. The minimum absolute atomic E-state index is 0.000527. The Morgan fingerprint density at radius 2 is 1.86 bits per heavy atom. The molecule has 0 aliphatic carbocycles. The van der Waals surface area contributed by atoms with Crippen molar-refractivity contribution < 1.29 is 22.9 Å². The molecule has 0 aliphatic rings. The summed E-state index contributed by atoms with van der Waals surface area (Å²) in [4.78, 5) is 39.4. The Morgan fingerprint density at radius 1 is 1.14 bits per heavy atom. The molecule has 3 rings (SSSR count). The van der Waals surface area contributed by atoms with Crippen molar-refractivity contribution in [2.24, 2.45) is 0 Å².